The fraction of sp³-hybridized carbons (Fsp3) is 0.957. The minimum Gasteiger partial charge on any atom is -0.466 e. The zero-order chi connectivity index (χ0) is 38.2. The summed E-state index contributed by atoms with van der Waals surface area (Å²) >= 11 is 0. The standard InChI is InChI=1S/C46H91NO5/c1-5-8-11-14-17-25-32-42-51-45(49)37-29-21-18-23-30-38-47(40-33-41-48)39-31-24-22-26-34-43(4)46(50)52-44(35-27-19-15-12-9-6-2)36-28-20-16-13-10-7-3/h43-44,48H,5-42H2,1-4H3. The van der Waals surface area contributed by atoms with Crippen molar-refractivity contribution < 1.29 is 24.2 Å². The van der Waals surface area contributed by atoms with Gasteiger partial charge in [-0.05, 0) is 77.3 Å². The topological polar surface area (TPSA) is 76.1 Å². The van der Waals surface area contributed by atoms with E-state index < -0.39 is 0 Å². The Balaban J connectivity index is 4.14. The molecular weight excluding hydrogens is 647 g/mol. The zero-order valence-corrected chi connectivity index (χ0v) is 35.6. The van der Waals surface area contributed by atoms with Crippen LogP contribution in [0.1, 0.15) is 240 Å². The van der Waals surface area contributed by atoms with Gasteiger partial charge in [0.25, 0.3) is 0 Å². The first-order chi connectivity index (χ1) is 25.5. The van der Waals surface area contributed by atoms with Gasteiger partial charge in [0.1, 0.15) is 6.10 Å². The number of carbonyl (C=O) groups is 2. The lowest BCUT2D eigenvalue weighted by atomic mass is 10.0. The Morgan fingerprint density at radius 3 is 1.40 bits per heavy atom. The number of nitrogens with zero attached hydrogens (tertiary/aromatic N) is 1. The molecule has 6 heteroatoms. The van der Waals surface area contributed by atoms with Crippen molar-refractivity contribution in [1.29, 1.82) is 0 Å². The number of carbonyl (C=O) groups excluding carboxylic acids is 2. The van der Waals surface area contributed by atoms with E-state index in [2.05, 4.69) is 32.6 Å². The summed E-state index contributed by atoms with van der Waals surface area (Å²) in [6.07, 6.45) is 38.7. The van der Waals surface area contributed by atoms with Crippen LogP contribution in [0.2, 0.25) is 0 Å². The fourth-order valence-corrected chi connectivity index (χ4v) is 7.19. The molecule has 0 aliphatic heterocycles. The van der Waals surface area contributed by atoms with Crippen molar-refractivity contribution in [3.05, 3.63) is 0 Å². The smallest absolute Gasteiger partial charge is 0.308 e. The van der Waals surface area contributed by atoms with Crippen molar-refractivity contribution in [3.63, 3.8) is 0 Å². The molecule has 0 saturated carbocycles. The van der Waals surface area contributed by atoms with Gasteiger partial charge >= 0.3 is 11.9 Å². The number of ether oxygens (including phenoxy) is 2. The van der Waals surface area contributed by atoms with E-state index in [0.29, 0.717) is 13.0 Å². The molecule has 0 fully saturated rings. The largest absolute Gasteiger partial charge is 0.466 e. The van der Waals surface area contributed by atoms with Crippen molar-refractivity contribution in [2.45, 2.75) is 246 Å². The Morgan fingerprint density at radius 1 is 0.500 bits per heavy atom. The first kappa shape index (κ1) is 50.9. The summed E-state index contributed by atoms with van der Waals surface area (Å²) in [7, 11) is 0. The van der Waals surface area contributed by atoms with Crippen molar-refractivity contribution in [1.82, 2.24) is 4.90 Å². The van der Waals surface area contributed by atoms with Gasteiger partial charge in [-0.1, -0.05) is 169 Å². The molecule has 0 rings (SSSR count). The second kappa shape index (κ2) is 41.0. The van der Waals surface area contributed by atoms with E-state index in [9.17, 15) is 14.7 Å². The van der Waals surface area contributed by atoms with Crippen LogP contribution in [0, 0.1) is 5.92 Å². The molecule has 0 radical (unpaired) electrons. The number of aliphatic hydroxyl groups is 1. The Kier molecular flexibility index (Phi) is 40.1. The van der Waals surface area contributed by atoms with E-state index in [1.165, 1.54) is 148 Å². The van der Waals surface area contributed by atoms with Gasteiger partial charge in [-0.2, -0.15) is 0 Å². The molecule has 0 aromatic rings. The van der Waals surface area contributed by atoms with E-state index in [-0.39, 0.29) is 30.6 Å². The third-order valence-electron chi connectivity index (χ3n) is 10.8. The molecule has 1 unspecified atom stereocenters. The minimum absolute atomic E-state index is 0.0155. The molecule has 0 bridgehead atoms. The Bertz CT molecular complexity index is 730. The highest BCUT2D eigenvalue weighted by Gasteiger charge is 2.19. The van der Waals surface area contributed by atoms with Gasteiger partial charge < -0.3 is 19.5 Å². The summed E-state index contributed by atoms with van der Waals surface area (Å²) in [4.78, 5) is 27.6. The average molecular weight is 738 g/mol. The third-order valence-corrected chi connectivity index (χ3v) is 10.8. The summed E-state index contributed by atoms with van der Waals surface area (Å²) in [5.74, 6) is -0.0177. The number of unbranched alkanes of at least 4 members (excludes halogenated alkanes) is 23. The van der Waals surface area contributed by atoms with Gasteiger partial charge in [0.2, 0.25) is 0 Å². The van der Waals surface area contributed by atoms with E-state index in [0.717, 1.165) is 77.4 Å². The molecule has 0 aliphatic carbocycles. The first-order valence-electron chi connectivity index (χ1n) is 23.2. The highest BCUT2D eigenvalue weighted by molar-refractivity contribution is 5.72. The fourth-order valence-electron chi connectivity index (χ4n) is 7.19. The summed E-state index contributed by atoms with van der Waals surface area (Å²) in [6.45, 7) is 12.8. The van der Waals surface area contributed by atoms with E-state index in [1.807, 2.05) is 0 Å². The van der Waals surface area contributed by atoms with Crippen molar-refractivity contribution in [2.24, 2.45) is 5.92 Å². The predicted molar refractivity (Wildman–Crippen MR) is 223 cm³/mol. The summed E-state index contributed by atoms with van der Waals surface area (Å²) in [5, 5.41) is 9.40. The number of esters is 2. The Labute approximate surface area is 324 Å². The maximum Gasteiger partial charge on any atom is 0.308 e. The second-order valence-electron chi connectivity index (χ2n) is 16.1. The quantitative estimate of drug-likeness (QED) is 0.0496. The minimum atomic E-state index is -0.0261. The number of aliphatic hydroxyl groups excluding tert-OH is 1. The summed E-state index contributed by atoms with van der Waals surface area (Å²) < 4.78 is 11.6. The Morgan fingerprint density at radius 2 is 0.904 bits per heavy atom. The molecule has 52 heavy (non-hydrogen) atoms. The van der Waals surface area contributed by atoms with Gasteiger partial charge in [0, 0.05) is 19.6 Å². The normalized spacial score (nSPS) is 12.2. The zero-order valence-electron chi connectivity index (χ0n) is 35.6. The SMILES string of the molecule is CCCCCCCCCOC(=O)CCCCCCCN(CCCO)CCCCCCC(C)C(=O)OC(CCCCCCCC)CCCCCCCC. The van der Waals surface area contributed by atoms with Crippen LogP contribution < -0.4 is 0 Å². The van der Waals surface area contributed by atoms with Gasteiger partial charge in [-0.25, -0.2) is 0 Å². The van der Waals surface area contributed by atoms with Crippen molar-refractivity contribution >= 4 is 11.9 Å². The second-order valence-corrected chi connectivity index (χ2v) is 16.1. The number of hydrogen-bond acceptors (Lipinski definition) is 6. The lowest BCUT2D eigenvalue weighted by molar-refractivity contribution is -0.154. The molecule has 0 aromatic carbocycles. The van der Waals surface area contributed by atoms with E-state index >= 15 is 0 Å². The molecule has 0 aromatic heterocycles. The van der Waals surface area contributed by atoms with Crippen LogP contribution in [-0.2, 0) is 19.1 Å². The van der Waals surface area contributed by atoms with Gasteiger partial charge in [-0.3, -0.25) is 9.59 Å². The van der Waals surface area contributed by atoms with Crippen LogP contribution >= 0.6 is 0 Å². The van der Waals surface area contributed by atoms with Crippen LogP contribution in [-0.4, -0.2) is 60.9 Å². The lowest BCUT2D eigenvalue weighted by Crippen LogP contribution is -2.28. The lowest BCUT2D eigenvalue weighted by Gasteiger charge is -2.22. The molecule has 0 saturated heterocycles. The predicted octanol–water partition coefficient (Wildman–Crippen LogP) is 13.3. The van der Waals surface area contributed by atoms with Crippen molar-refractivity contribution in [3.8, 4) is 0 Å². The average Bonchev–Trinajstić information content (AvgIpc) is 3.14. The number of hydrogen-bond donors (Lipinski definition) is 1. The highest BCUT2D eigenvalue weighted by atomic mass is 16.5. The van der Waals surface area contributed by atoms with Crippen LogP contribution in [0.5, 0.6) is 0 Å². The molecule has 6 nitrogen and oxygen atoms in total. The van der Waals surface area contributed by atoms with Gasteiger partial charge in [0.15, 0.2) is 0 Å². The van der Waals surface area contributed by atoms with E-state index in [4.69, 9.17) is 9.47 Å². The third kappa shape index (κ3) is 35.9. The first-order valence-corrected chi connectivity index (χ1v) is 23.2. The summed E-state index contributed by atoms with van der Waals surface area (Å²) in [6, 6.07) is 0. The molecule has 310 valence electrons. The molecule has 0 aliphatic rings. The van der Waals surface area contributed by atoms with Crippen LogP contribution in [0.4, 0.5) is 0 Å². The highest BCUT2D eigenvalue weighted by Crippen LogP contribution is 2.20. The maximum atomic E-state index is 13.0. The molecule has 0 heterocycles. The van der Waals surface area contributed by atoms with Gasteiger partial charge in [0.05, 0.1) is 12.5 Å². The van der Waals surface area contributed by atoms with E-state index in [1.54, 1.807) is 0 Å². The van der Waals surface area contributed by atoms with Crippen LogP contribution in [0.3, 0.4) is 0 Å². The molecule has 1 atom stereocenters. The summed E-state index contributed by atoms with van der Waals surface area (Å²) in [5.41, 5.74) is 0. The maximum absolute atomic E-state index is 13.0. The van der Waals surface area contributed by atoms with Crippen molar-refractivity contribution in [2.75, 3.05) is 32.8 Å². The van der Waals surface area contributed by atoms with Crippen LogP contribution in [0.25, 0.3) is 0 Å². The monoisotopic (exact) mass is 738 g/mol. The molecule has 1 N–H and O–H groups in total. The molecule has 0 amide bonds. The van der Waals surface area contributed by atoms with Gasteiger partial charge in [-0.15, -0.1) is 0 Å². The van der Waals surface area contributed by atoms with Crippen LogP contribution in [0.15, 0.2) is 0 Å². The molecule has 0 spiro atoms. The number of rotatable bonds is 42. The molecular formula is C46H91NO5. The Hall–Kier alpha value is -1.14.